The Labute approximate surface area is 73.9 Å². The Balaban J connectivity index is 2.26. The van der Waals surface area contributed by atoms with Crippen LogP contribution in [0.4, 0.5) is 0 Å². The fourth-order valence-corrected chi connectivity index (χ4v) is 1.52. The first-order chi connectivity index (χ1) is 5.86. The molecule has 0 aliphatic carbocycles. The summed E-state index contributed by atoms with van der Waals surface area (Å²) >= 11 is 0. The standard InChI is InChI=1S/C9H16N2O/c1-2-3-9-8-11(5-4-10)6-7-12-9/h9H,2-3,5-8H2,1H3. The number of morpholine rings is 1. The van der Waals surface area contributed by atoms with Crippen LogP contribution >= 0.6 is 0 Å². The molecular weight excluding hydrogens is 152 g/mol. The van der Waals surface area contributed by atoms with Crippen LogP contribution in [0, 0.1) is 11.3 Å². The second kappa shape index (κ2) is 5.13. The Bertz CT molecular complexity index is 162. The van der Waals surface area contributed by atoms with E-state index in [0.717, 1.165) is 32.5 Å². The molecule has 1 unspecified atom stereocenters. The molecule has 1 aliphatic heterocycles. The van der Waals surface area contributed by atoms with E-state index in [2.05, 4.69) is 17.9 Å². The number of ether oxygens (including phenoxy) is 1. The van der Waals surface area contributed by atoms with E-state index in [1.165, 1.54) is 0 Å². The van der Waals surface area contributed by atoms with E-state index in [0.29, 0.717) is 12.6 Å². The molecule has 1 saturated heterocycles. The molecule has 0 spiro atoms. The molecule has 0 aromatic heterocycles. The zero-order valence-corrected chi connectivity index (χ0v) is 7.62. The van der Waals surface area contributed by atoms with Crippen molar-refractivity contribution in [2.24, 2.45) is 0 Å². The Hall–Kier alpha value is -0.590. The first-order valence-electron chi connectivity index (χ1n) is 4.57. The first-order valence-corrected chi connectivity index (χ1v) is 4.57. The van der Waals surface area contributed by atoms with Gasteiger partial charge >= 0.3 is 0 Å². The number of nitriles is 1. The van der Waals surface area contributed by atoms with Crippen molar-refractivity contribution in [1.29, 1.82) is 5.26 Å². The molecule has 12 heavy (non-hydrogen) atoms. The summed E-state index contributed by atoms with van der Waals surface area (Å²) in [4.78, 5) is 2.16. The van der Waals surface area contributed by atoms with Gasteiger partial charge in [-0.25, -0.2) is 0 Å². The van der Waals surface area contributed by atoms with Crippen LogP contribution in [0.1, 0.15) is 19.8 Å². The summed E-state index contributed by atoms with van der Waals surface area (Å²) in [6.07, 6.45) is 2.63. The van der Waals surface area contributed by atoms with Crippen molar-refractivity contribution in [3.63, 3.8) is 0 Å². The largest absolute Gasteiger partial charge is 0.376 e. The van der Waals surface area contributed by atoms with Gasteiger partial charge in [-0.3, -0.25) is 4.90 Å². The van der Waals surface area contributed by atoms with Crippen LogP contribution in [-0.4, -0.2) is 37.2 Å². The van der Waals surface area contributed by atoms with E-state index in [9.17, 15) is 0 Å². The normalized spacial score (nSPS) is 25.2. The molecule has 0 aromatic carbocycles. The zero-order valence-electron chi connectivity index (χ0n) is 7.62. The summed E-state index contributed by atoms with van der Waals surface area (Å²) in [5.74, 6) is 0. The van der Waals surface area contributed by atoms with Gasteiger partial charge in [-0.1, -0.05) is 13.3 Å². The first kappa shape index (κ1) is 9.50. The molecule has 1 aliphatic rings. The van der Waals surface area contributed by atoms with Crippen molar-refractivity contribution in [2.45, 2.75) is 25.9 Å². The van der Waals surface area contributed by atoms with E-state index in [1.807, 2.05) is 0 Å². The highest BCUT2D eigenvalue weighted by Crippen LogP contribution is 2.09. The van der Waals surface area contributed by atoms with Crippen molar-refractivity contribution in [1.82, 2.24) is 4.90 Å². The number of nitrogens with zero attached hydrogens (tertiary/aromatic N) is 2. The Morgan fingerprint density at radius 1 is 1.67 bits per heavy atom. The van der Waals surface area contributed by atoms with Crippen LogP contribution in [0.5, 0.6) is 0 Å². The smallest absolute Gasteiger partial charge is 0.0867 e. The second-order valence-electron chi connectivity index (χ2n) is 3.17. The fraction of sp³-hybridized carbons (Fsp3) is 0.889. The van der Waals surface area contributed by atoms with Crippen molar-refractivity contribution in [3.8, 4) is 6.07 Å². The molecule has 1 heterocycles. The fourth-order valence-electron chi connectivity index (χ4n) is 1.52. The van der Waals surface area contributed by atoms with Gasteiger partial charge in [0, 0.05) is 13.1 Å². The molecule has 68 valence electrons. The third kappa shape index (κ3) is 2.80. The van der Waals surface area contributed by atoms with Crippen molar-refractivity contribution < 1.29 is 4.74 Å². The van der Waals surface area contributed by atoms with Crippen LogP contribution in [0.3, 0.4) is 0 Å². The molecular formula is C9H16N2O. The highest BCUT2D eigenvalue weighted by atomic mass is 16.5. The van der Waals surface area contributed by atoms with Crippen LogP contribution in [-0.2, 0) is 4.74 Å². The number of hydrogen-bond acceptors (Lipinski definition) is 3. The van der Waals surface area contributed by atoms with Gasteiger partial charge in [-0.2, -0.15) is 5.26 Å². The third-order valence-electron chi connectivity index (χ3n) is 2.13. The predicted molar refractivity (Wildman–Crippen MR) is 46.7 cm³/mol. The minimum atomic E-state index is 0.358. The third-order valence-corrected chi connectivity index (χ3v) is 2.13. The summed E-state index contributed by atoms with van der Waals surface area (Å²) in [5, 5.41) is 8.50. The quantitative estimate of drug-likeness (QED) is 0.590. The van der Waals surface area contributed by atoms with Gasteiger partial charge in [0.15, 0.2) is 0 Å². The molecule has 0 N–H and O–H groups in total. The summed E-state index contributed by atoms with van der Waals surface area (Å²) in [6, 6.07) is 2.17. The van der Waals surface area contributed by atoms with Gasteiger partial charge < -0.3 is 4.74 Å². The SMILES string of the molecule is CCCC1CN(CC#N)CCO1. The van der Waals surface area contributed by atoms with Gasteiger partial charge in [0.2, 0.25) is 0 Å². The number of rotatable bonds is 3. The van der Waals surface area contributed by atoms with E-state index >= 15 is 0 Å². The summed E-state index contributed by atoms with van der Waals surface area (Å²) in [5.41, 5.74) is 0. The molecule has 1 rings (SSSR count). The van der Waals surface area contributed by atoms with Crippen molar-refractivity contribution >= 4 is 0 Å². The van der Waals surface area contributed by atoms with Crippen molar-refractivity contribution in [3.05, 3.63) is 0 Å². The van der Waals surface area contributed by atoms with Crippen LogP contribution in [0.2, 0.25) is 0 Å². The lowest BCUT2D eigenvalue weighted by atomic mass is 10.2. The maximum atomic E-state index is 8.50. The van der Waals surface area contributed by atoms with E-state index < -0.39 is 0 Å². The molecule has 0 bridgehead atoms. The summed E-state index contributed by atoms with van der Waals surface area (Å²) in [7, 11) is 0. The summed E-state index contributed by atoms with van der Waals surface area (Å²) in [6.45, 7) is 5.33. The lowest BCUT2D eigenvalue weighted by Crippen LogP contribution is -2.42. The molecule has 1 atom stereocenters. The van der Waals surface area contributed by atoms with Crippen LogP contribution in [0.25, 0.3) is 0 Å². The molecule has 0 aromatic rings. The molecule has 3 nitrogen and oxygen atoms in total. The van der Waals surface area contributed by atoms with E-state index in [-0.39, 0.29) is 0 Å². The topological polar surface area (TPSA) is 36.3 Å². The van der Waals surface area contributed by atoms with Gasteiger partial charge in [0.25, 0.3) is 0 Å². The molecule has 0 radical (unpaired) electrons. The average Bonchev–Trinajstić information content (AvgIpc) is 2.06. The second-order valence-corrected chi connectivity index (χ2v) is 3.17. The predicted octanol–water partition coefficient (Wildman–Crippen LogP) is 1.01. The maximum absolute atomic E-state index is 8.50. The Morgan fingerprint density at radius 2 is 2.50 bits per heavy atom. The van der Waals surface area contributed by atoms with Gasteiger partial charge in [-0.15, -0.1) is 0 Å². The molecule has 0 amide bonds. The van der Waals surface area contributed by atoms with Crippen LogP contribution in [0.15, 0.2) is 0 Å². The minimum Gasteiger partial charge on any atom is -0.376 e. The Morgan fingerprint density at radius 3 is 3.17 bits per heavy atom. The maximum Gasteiger partial charge on any atom is 0.0867 e. The van der Waals surface area contributed by atoms with Crippen LogP contribution < -0.4 is 0 Å². The lowest BCUT2D eigenvalue weighted by molar-refractivity contribution is -0.0278. The highest BCUT2D eigenvalue weighted by Gasteiger charge is 2.18. The summed E-state index contributed by atoms with van der Waals surface area (Å²) < 4.78 is 5.54. The van der Waals surface area contributed by atoms with E-state index in [1.54, 1.807) is 0 Å². The number of hydrogen-bond donors (Lipinski definition) is 0. The monoisotopic (exact) mass is 168 g/mol. The molecule has 1 fully saturated rings. The van der Waals surface area contributed by atoms with Gasteiger partial charge in [-0.05, 0) is 6.42 Å². The van der Waals surface area contributed by atoms with Gasteiger partial charge in [0.05, 0.1) is 25.3 Å². The van der Waals surface area contributed by atoms with Crippen molar-refractivity contribution in [2.75, 3.05) is 26.2 Å². The Kier molecular flexibility index (Phi) is 4.06. The molecule has 3 heteroatoms. The van der Waals surface area contributed by atoms with Gasteiger partial charge in [0.1, 0.15) is 0 Å². The lowest BCUT2D eigenvalue weighted by Gasteiger charge is -2.31. The zero-order chi connectivity index (χ0) is 8.81. The molecule has 0 saturated carbocycles. The van der Waals surface area contributed by atoms with E-state index in [4.69, 9.17) is 10.00 Å². The average molecular weight is 168 g/mol. The minimum absolute atomic E-state index is 0.358. The highest BCUT2D eigenvalue weighted by molar-refractivity contribution is 4.80.